The molecule has 2 aromatic carbocycles. The van der Waals surface area contributed by atoms with Crippen LogP contribution in [0.25, 0.3) is 0 Å². The van der Waals surface area contributed by atoms with Crippen molar-refractivity contribution in [1.29, 1.82) is 0 Å². The molecule has 1 unspecified atom stereocenters. The summed E-state index contributed by atoms with van der Waals surface area (Å²) in [5.41, 5.74) is 0.808. The Morgan fingerprint density at radius 3 is 2.35 bits per heavy atom. The van der Waals surface area contributed by atoms with Crippen molar-refractivity contribution in [1.82, 2.24) is 10.2 Å². The van der Waals surface area contributed by atoms with E-state index in [0.717, 1.165) is 5.56 Å². The fourth-order valence-electron chi connectivity index (χ4n) is 3.13. The first kappa shape index (κ1) is 25.3. The van der Waals surface area contributed by atoms with Crippen molar-refractivity contribution in [2.24, 2.45) is 0 Å². The number of likely N-dealkylation sites (N-methyl/N-ethyl adjacent to an activating group) is 1. The van der Waals surface area contributed by atoms with Crippen LogP contribution in [-0.2, 0) is 16.1 Å². The summed E-state index contributed by atoms with van der Waals surface area (Å²) in [6.45, 7) is 4.89. The highest BCUT2D eigenvalue weighted by Gasteiger charge is 2.28. The SMILES string of the molecule is CCNC(=O)C(CC)N(Cc1ccc(Cl)c(Cl)c1)C(=O)CCCOc1ccc(Cl)cc1. The molecule has 1 N–H and O–H groups in total. The second kappa shape index (κ2) is 12.8. The lowest BCUT2D eigenvalue weighted by atomic mass is 10.1. The summed E-state index contributed by atoms with van der Waals surface area (Å²) in [6.07, 6.45) is 1.27. The molecule has 2 rings (SSSR count). The van der Waals surface area contributed by atoms with Gasteiger partial charge in [0.25, 0.3) is 0 Å². The molecule has 0 saturated carbocycles. The van der Waals surface area contributed by atoms with E-state index >= 15 is 0 Å². The molecule has 0 fully saturated rings. The molecule has 0 aliphatic rings. The normalized spacial score (nSPS) is 11.6. The molecule has 0 aromatic heterocycles. The highest BCUT2D eigenvalue weighted by atomic mass is 35.5. The Labute approximate surface area is 198 Å². The third-order valence-electron chi connectivity index (χ3n) is 4.69. The topological polar surface area (TPSA) is 58.6 Å². The summed E-state index contributed by atoms with van der Waals surface area (Å²) in [4.78, 5) is 27.3. The molecule has 0 bridgehead atoms. The molecule has 0 heterocycles. The zero-order valence-corrected chi connectivity index (χ0v) is 19.9. The number of nitrogens with zero attached hydrogens (tertiary/aromatic N) is 1. The minimum atomic E-state index is -0.570. The maximum Gasteiger partial charge on any atom is 0.242 e. The largest absolute Gasteiger partial charge is 0.494 e. The first-order valence-corrected chi connectivity index (χ1v) is 11.4. The standard InChI is InChI=1S/C23H27Cl3N2O3/c1-3-21(23(30)27-4-2)28(15-16-7-12-19(25)20(26)14-16)22(29)6-5-13-31-18-10-8-17(24)9-11-18/h7-12,14,21H,3-6,13,15H2,1-2H3,(H,27,30). The second-order valence-electron chi connectivity index (χ2n) is 6.99. The second-order valence-corrected chi connectivity index (χ2v) is 8.25. The van der Waals surface area contributed by atoms with Gasteiger partial charge in [-0.05, 0) is 61.7 Å². The molecule has 0 aliphatic carbocycles. The van der Waals surface area contributed by atoms with Crippen LogP contribution >= 0.6 is 34.8 Å². The van der Waals surface area contributed by atoms with E-state index in [-0.39, 0.29) is 24.8 Å². The van der Waals surface area contributed by atoms with Gasteiger partial charge in [-0.25, -0.2) is 0 Å². The molecule has 5 nitrogen and oxygen atoms in total. The van der Waals surface area contributed by atoms with Crippen molar-refractivity contribution in [3.05, 3.63) is 63.1 Å². The van der Waals surface area contributed by atoms with E-state index in [1.165, 1.54) is 0 Å². The van der Waals surface area contributed by atoms with E-state index in [2.05, 4.69) is 5.32 Å². The lowest BCUT2D eigenvalue weighted by molar-refractivity contribution is -0.141. The van der Waals surface area contributed by atoms with Crippen LogP contribution in [0.15, 0.2) is 42.5 Å². The number of ether oxygens (including phenoxy) is 1. The van der Waals surface area contributed by atoms with Crippen molar-refractivity contribution in [2.45, 2.75) is 45.7 Å². The zero-order chi connectivity index (χ0) is 22.8. The minimum absolute atomic E-state index is 0.121. The van der Waals surface area contributed by atoms with Gasteiger partial charge in [0.1, 0.15) is 11.8 Å². The Morgan fingerprint density at radius 2 is 1.74 bits per heavy atom. The Kier molecular flexibility index (Phi) is 10.4. The highest BCUT2D eigenvalue weighted by Crippen LogP contribution is 2.24. The minimum Gasteiger partial charge on any atom is -0.494 e. The molecule has 0 radical (unpaired) electrons. The third-order valence-corrected chi connectivity index (χ3v) is 5.68. The smallest absolute Gasteiger partial charge is 0.242 e. The first-order chi connectivity index (χ1) is 14.8. The van der Waals surface area contributed by atoms with Crippen LogP contribution in [0.1, 0.15) is 38.7 Å². The highest BCUT2D eigenvalue weighted by molar-refractivity contribution is 6.42. The van der Waals surface area contributed by atoms with E-state index in [1.807, 2.05) is 19.9 Å². The summed E-state index contributed by atoms with van der Waals surface area (Å²) in [6, 6.07) is 11.7. The Balaban J connectivity index is 2.06. The van der Waals surface area contributed by atoms with Gasteiger partial charge in [-0.2, -0.15) is 0 Å². The van der Waals surface area contributed by atoms with Gasteiger partial charge in [0.2, 0.25) is 11.8 Å². The lowest BCUT2D eigenvalue weighted by Gasteiger charge is -2.30. The van der Waals surface area contributed by atoms with Gasteiger partial charge < -0.3 is 15.0 Å². The number of amides is 2. The predicted octanol–water partition coefficient (Wildman–Crippen LogP) is 5.75. The van der Waals surface area contributed by atoms with Crippen LogP contribution < -0.4 is 10.1 Å². The molecular weight excluding hydrogens is 459 g/mol. The molecule has 31 heavy (non-hydrogen) atoms. The van der Waals surface area contributed by atoms with Gasteiger partial charge in [-0.1, -0.05) is 47.8 Å². The lowest BCUT2D eigenvalue weighted by Crippen LogP contribution is -2.49. The molecule has 0 saturated heterocycles. The van der Waals surface area contributed by atoms with Crippen LogP contribution in [0.2, 0.25) is 15.1 Å². The van der Waals surface area contributed by atoms with Crippen LogP contribution in [0.4, 0.5) is 0 Å². The van der Waals surface area contributed by atoms with Crippen LogP contribution in [-0.4, -0.2) is 35.9 Å². The maximum atomic E-state index is 13.1. The van der Waals surface area contributed by atoms with Crippen molar-refractivity contribution >= 4 is 46.6 Å². The van der Waals surface area contributed by atoms with Crippen molar-refractivity contribution < 1.29 is 14.3 Å². The van der Waals surface area contributed by atoms with E-state index < -0.39 is 6.04 Å². The quantitative estimate of drug-likeness (QED) is 0.412. The van der Waals surface area contributed by atoms with Gasteiger partial charge in [0.05, 0.1) is 16.7 Å². The van der Waals surface area contributed by atoms with Crippen molar-refractivity contribution in [3.63, 3.8) is 0 Å². The average Bonchev–Trinajstić information content (AvgIpc) is 2.75. The van der Waals surface area contributed by atoms with Crippen LogP contribution in [0, 0.1) is 0 Å². The number of carbonyl (C=O) groups is 2. The fourth-order valence-corrected chi connectivity index (χ4v) is 3.58. The van der Waals surface area contributed by atoms with Crippen molar-refractivity contribution in [2.75, 3.05) is 13.2 Å². The maximum absolute atomic E-state index is 13.1. The molecule has 0 spiro atoms. The summed E-state index contributed by atoms with van der Waals surface area (Å²) in [5, 5.41) is 4.31. The molecule has 1 atom stereocenters. The van der Waals surface area contributed by atoms with Gasteiger partial charge in [0.15, 0.2) is 0 Å². The van der Waals surface area contributed by atoms with E-state index in [9.17, 15) is 9.59 Å². The third kappa shape index (κ3) is 7.91. The van der Waals surface area contributed by atoms with Gasteiger partial charge >= 0.3 is 0 Å². The summed E-state index contributed by atoms with van der Waals surface area (Å²) < 4.78 is 5.67. The number of halogens is 3. The van der Waals surface area contributed by atoms with Gasteiger partial charge in [0, 0.05) is 24.5 Å². The number of hydrogen-bond donors (Lipinski definition) is 1. The molecule has 8 heteroatoms. The molecule has 168 valence electrons. The molecule has 2 aromatic rings. The Morgan fingerprint density at radius 1 is 1.03 bits per heavy atom. The summed E-state index contributed by atoms with van der Waals surface area (Å²) in [5.74, 6) is 0.401. The number of hydrogen-bond acceptors (Lipinski definition) is 3. The monoisotopic (exact) mass is 484 g/mol. The summed E-state index contributed by atoms with van der Waals surface area (Å²) in [7, 11) is 0. The molecule has 0 aliphatic heterocycles. The number of rotatable bonds is 11. The molecule has 2 amide bonds. The van der Waals surface area contributed by atoms with E-state index in [1.54, 1.807) is 41.3 Å². The van der Waals surface area contributed by atoms with Gasteiger partial charge in [-0.3, -0.25) is 9.59 Å². The summed E-state index contributed by atoms with van der Waals surface area (Å²) >= 11 is 18.0. The number of nitrogens with one attached hydrogen (secondary N) is 1. The average molecular weight is 486 g/mol. The Bertz CT molecular complexity index is 875. The zero-order valence-electron chi connectivity index (χ0n) is 17.7. The van der Waals surface area contributed by atoms with Crippen LogP contribution in [0.5, 0.6) is 5.75 Å². The van der Waals surface area contributed by atoms with Crippen LogP contribution in [0.3, 0.4) is 0 Å². The van der Waals surface area contributed by atoms with Crippen molar-refractivity contribution in [3.8, 4) is 5.75 Å². The van der Waals surface area contributed by atoms with E-state index in [4.69, 9.17) is 39.5 Å². The fraction of sp³-hybridized carbons (Fsp3) is 0.391. The number of benzene rings is 2. The number of carbonyl (C=O) groups excluding carboxylic acids is 2. The van der Waals surface area contributed by atoms with Gasteiger partial charge in [-0.15, -0.1) is 0 Å². The molecular formula is C23H27Cl3N2O3. The first-order valence-electron chi connectivity index (χ1n) is 10.2. The Hall–Kier alpha value is -1.95. The van der Waals surface area contributed by atoms with E-state index in [0.29, 0.717) is 46.8 Å². The predicted molar refractivity (Wildman–Crippen MR) is 126 cm³/mol.